The van der Waals surface area contributed by atoms with E-state index in [1.807, 2.05) is 0 Å². The second kappa shape index (κ2) is 6.60. The summed E-state index contributed by atoms with van der Waals surface area (Å²) in [6, 6.07) is 8.52. The van der Waals surface area contributed by atoms with E-state index in [1.54, 1.807) is 0 Å². The van der Waals surface area contributed by atoms with E-state index in [2.05, 4.69) is 82.9 Å². The van der Waals surface area contributed by atoms with E-state index in [1.165, 1.54) is 5.56 Å². The average Bonchev–Trinajstić information content (AvgIpc) is 2.33. The minimum atomic E-state index is 0.223. The fourth-order valence-corrected chi connectivity index (χ4v) is 1.57. The fourth-order valence-electron chi connectivity index (χ4n) is 1.57. The summed E-state index contributed by atoms with van der Waals surface area (Å²) in [7, 11) is 0. The van der Waals surface area contributed by atoms with Crippen LogP contribution in [0.5, 0.6) is 0 Å². The predicted molar refractivity (Wildman–Crippen MR) is 86.8 cm³/mol. The van der Waals surface area contributed by atoms with Crippen molar-refractivity contribution in [1.29, 1.82) is 0 Å². The van der Waals surface area contributed by atoms with Gasteiger partial charge in [-0.25, -0.2) is 0 Å². The Labute approximate surface area is 118 Å². The summed E-state index contributed by atoms with van der Waals surface area (Å²) in [6.07, 6.45) is 4.40. The average molecular weight is 257 g/mol. The molecule has 0 aliphatic carbocycles. The lowest BCUT2D eigenvalue weighted by Gasteiger charge is -2.13. The van der Waals surface area contributed by atoms with E-state index < -0.39 is 0 Å². The lowest BCUT2D eigenvalue weighted by Crippen LogP contribution is -2.17. The normalized spacial score (nSPS) is 12.1. The zero-order chi connectivity index (χ0) is 14.5. The van der Waals surface area contributed by atoms with Crippen molar-refractivity contribution in [3.8, 4) is 0 Å². The zero-order valence-corrected chi connectivity index (χ0v) is 13.0. The van der Waals surface area contributed by atoms with Gasteiger partial charge in [-0.15, -0.1) is 0 Å². The molecule has 1 nitrogen and oxygen atoms in total. The lowest BCUT2D eigenvalue weighted by molar-refractivity contribution is 0.547. The molecule has 0 aromatic heterocycles. The fraction of sp³-hybridized carbons (Fsp3) is 0.444. The van der Waals surface area contributed by atoms with E-state index >= 15 is 0 Å². The summed E-state index contributed by atoms with van der Waals surface area (Å²) in [6.45, 7) is 16.0. The molecule has 0 spiro atoms. The van der Waals surface area contributed by atoms with Crippen LogP contribution in [-0.2, 0) is 0 Å². The first-order valence-electron chi connectivity index (χ1n) is 7.00. The molecule has 1 heteroatoms. The largest absolute Gasteiger partial charge is 0.385 e. The highest BCUT2D eigenvalue weighted by Gasteiger charge is 2.04. The van der Waals surface area contributed by atoms with Gasteiger partial charge < -0.3 is 5.32 Å². The molecule has 0 heterocycles. The molecule has 19 heavy (non-hydrogen) atoms. The summed E-state index contributed by atoms with van der Waals surface area (Å²) < 4.78 is 0. The maximum Gasteiger partial charge on any atom is 0.0340 e. The summed E-state index contributed by atoms with van der Waals surface area (Å²) in [5.41, 5.74) is 3.62. The third-order valence-corrected chi connectivity index (χ3v) is 2.76. The number of nitrogens with one attached hydrogen (secondary N) is 1. The van der Waals surface area contributed by atoms with Crippen LogP contribution in [-0.4, -0.2) is 6.54 Å². The predicted octanol–water partition coefficient (Wildman–Crippen LogP) is 4.96. The molecule has 0 unspecified atom stereocenters. The van der Waals surface area contributed by atoms with E-state index in [9.17, 15) is 0 Å². The maximum absolute atomic E-state index is 4.08. The van der Waals surface area contributed by atoms with Crippen LogP contribution < -0.4 is 5.32 Å². The molecule has 0 fully saturated rings. The van der Waals surface area contributed by atoms with Crippen LogP contribution in [0.3, 0.4) is 0 Å². The summed E-state index contributed by atoms with van der Waals surface area (Å²) in [5, 5.41) is 3.36. The molecule has 0 atom stereocenters. The van der Waals surface area contributed by atoms with Gasteiger partial charge in [0.2, 0.25) is 0 Å². The Balaban J connectivity index is 2.66. The number of hydrogen-bond acceptors (Lipinski definition) is 1. The molecule has 0 amide bonds. The summed E-state index contributed by atoms with van der Waals surface area (Å²) >= 11 is 0. The van der Waals surface area contributed by atoms with Gasteiger partial charge in [-0.3, -0.25) is 0 Å². The van der Waals surface area contributed by atoms with Gasteiger partial charge in [0, 0.05) is 12.2 Å². The molecule has 1 rings (SSSR count). The lowest BCUT2D eigenvalue weighted by atomic mass is 9.95. The minimum absolute atomic E-state index is 0.223. The van der Waals surface area contributed by atoms with Gasteiger partial charge in [-0.1, -0.05) is 77.6 Å². The Hall–Kier alpha value is -1.50. The summed E-state index contributed by atoms with van der Waals surface area (Å²) in [4.78, 5) is 0. The van der Waals surface area contributed by atoms with Gasteiger partial charge >= 0.3 is 0 Å². The zero-order valence-electron chi connectivity index (χ0n) is 13.0. The van der Waals surface area contributed by atoms with Crippen LogP contribution in [0.25, 0.3) is 11.8 Å². The Bertz CT molecular complexity index is 430. The summed E-state index contributed by atoms with van der Waals surface area (Å²) in [5.74, 6) is 0.630. The van der Waals surface area contributed by atoms with Gasteiger partial charge in [0.25, 0.3) is 0 Å². The Morgan fingerprint density at radius 1 is 1.21 bits per heavy atom. The number of allylic oxidation sites excluding steroid dienone is 1. The quantitative estimate of drug-likeness (QED) is 0.786. The van der Waals surface area contributed by atoms with Crippen LogP contribution in [0.15, 0.2) is 36.9 Å². The molecule has 0 saturated heterocycles. The molecule has 0 aliphatic heterocycles. The van der Waals surface area contributed by atoms with Crippen molar-refractivity contribution in [1.82, 2.24) is 5.32 Å². The SMILES string of the molecule is C=C(NCC(C)C)c1ccc(/C=C/C(C)(C)C)cc1. The van der Waals surface area contributed by atoms with Gasteiger partial charge in [0.15, 0.2) is 0 Å². The minimum Gasteiger partial charge on any atom is -0.385 e. The topological polar surface area (TPSA) is 12.0 Å². The molecular weight excluding hydrogens is 230 g/mol. The second-order valence-electron chi connectivity index (χ2n) is 6.57. The monoisotopic (exact) mass is 257 g/mol. The van der Waals surface area contributed by atoms with E-state index in [4.69, 9.17) is 0 Å². The van der Waals surface area contributed by atoms with Crippen LogP contribution in [0, 0.1) is 11.3 Å². The number of rotatable bonds is 5. The van der Waals surface area contributed by atoms with Gasteiger partial charge in [-0.2, -0.15) is 0 Å². The van der Waals surface area contributed by atoms with Gasteiger partial charge in [0.05, 0.1) is 0 Å². The first-order valence-corrected chi connectivity index (χ1v) is 7.00. The van der Waals surface area contributed by atoms with E-state index in [-0.39, 0.29) is 5.41 Å². The van der Waals surface area contributed by atoms with E-state index in [0.717, 1.165) is 17.8 Å². The second-order valence-corrected chi connectivity index (χ2v) is 6.57. The first kappa shape index (κ1) is 15.6. The maximum atomic E-state index is 4.08. The molecule has 1 aromatic rings. The number of benzene rings is 1. The highest BCUT2D eigenvalue weighted by molar-refractivity contribution is 5.63. The van der Waals surface area contributed by atoms with Crippen molar-refractivity contribution >= 4 is 11.8 Å². The Morgan fingerprint density at radius 3 is 2.26 bits per heavy atom. The van der Waals surface area contributed by atoms with Crippen molar-refractivity contribution in [2.75, 3.05) is 6.54 Å². The molecular formula is C18H27N. The van der Waals surface area contributed by atoms with Gasteiger partial charge in [0.1, 0.15) is 0 Å². The molecule has 0 bridgehead atoms. The van der Waals surface area contributed by atoms with Crippen molar-refractivity contribution in [3.63, 3.8) is 0 Å². The molecule has 1 aromatic carbocycles. The van der Waals surface area contributed by atoms with Crippen molar-refractivity contribution < 1.29 is 0 Å². The van der Waals surface area contributed by atoms with Crippen LogP contribution in [0.2, 0.25) is 0 Å². The molecule has 104 valence electrons. The third kappa shape index (κ3) is 6.28. The standard InChI is InChI=1S/C18H27N/c1-14(2)13-19-15(3)17-9-7-16(8-10-17)11-12-18(4,5)6/h7-12,14,19H,3,13H2,1-2,4-6H3/b12-11+. The van der Waals surface area contributed by atoms with Gasteiger partial charge in [-0.05, 0) is 22.5 Å². The number of hydrogen-bond donors (Lipinski definition) is 1. The highest BCUT2D eigenvalue weighted by atomic mass is 14.9. The van der Waals surface area contributed by atoms with Crippen LogP contribution in [0.1, 0.15) is 45.7 Å². The van der Waals surface area contributed by atoms with Crippen LogP contribution in [0.4, 0.5) is 0 Å². The van der Waals surface area contributed by atoms with Crippen molar-refractivity contribution in [3.05, 3.63) is 48.0 Å². The Kier molecular flexibility index (Phi) is 5.41. The molecule has 0 radical (unpaired) electrons. The smallest absolute Gasteiger partial charge is 0.0340 e. The van der Waals surface area contributed by atoms with Crippen molar-refractivity contribution in [2.24, 2.45) is 11.3 Å². The van der Waals surface area contributed by atoms with E-state index in [0.29, 0.717) is 5.92 Å². The molecule has 0 aliphatic rings. The van der Waals surface area contributed by atoms with Crippen molar-refractivity contribution in [2.45, 2.75) is 34.6 Å². The van der Waals surface area contributed by atoms with Crippen LogP contribution >= 0.6 is 0 Å². The highest BCUT2D eigenvalue weighted by Crippen LogP contribution is 2.18. The molecule has 0 saturated carbocycles. The first-order chi connectivity index (χ1) is 8.78. The molecule has 1 N–H and O–H groups in total. The Morgan fingerprint density at radius 2 is 1.79 bits per heavy atom. The third-order valence-electron chi connectivity index (χ3n) is 2.76.